The molecule has 0 saturated carbocycles. The lowest BCUT2D eigenvalue weighted by Crippen LogP contribution is -2.45. The van der Waals surface area contributed by atoms with Gasteiger partial charge in [0.05, 0.1) is 28.8 Å². The molecule has 1 N–H and O–H groups in total. The normalized spacial score (nSPS) is 18.8. The minimum absolute atomic E-state index is 0.0877. The van der Waals surface area contributed by atoms with Crippen LogP contribution < -0.4 is 10.2 Å². The van der Waals surface area contributed by atoms with Crippen molar-refractivity contribution in [1.82, 2.24) is 10.2 Å². The van der Waals surface area contributed by atoms with Gasteiger partial charge in [-0.15, -0.1) is 0 Å². The predicted octanol–water partition coefficient (Wildman–Crippen LogP) is 3.15. The van der Waals surface area contributed by atoms with E-state index in [9.17, 15) is 19.7 Å². The topological polar surface area (TPSA) is 95.8 Å². The van der Waals surface area contributed by atoms with Gasteiger partial charge in [0.15, 0.2) is 0 Å². The number of hydrogen-bond acceptors (Lipinski definition) is 4. The fraction of sp³-hybridized carbons (Fsp3) is 0.238. The number of carbonyl (C=O) groups is 2. The van der Waals surface area contributed by atoms with Crippen molar-refractivity contribution < 1.29 is 14.5 Å². The Morgan fingerprint density at radius 3 is 2.55 bits per heavy atom. The van der Waals surface area contributed by atoms with Crippen LogP contribution in [-0.2, 0) is 11.2 Å². The van der Waals surface area contributed by atoms with Gasteiger partial charge in [0.25, 0.3) is 11.6 Å². The minimum atomic E-state index is -0.735. The summed E-state index contributed by atoms with van der Waals surface area (Å²) < 4.78 is 0. The first-order valence-corrected chi connectivity index (χ1v) is 9.33. The zero-order chi connectivity index (χ0) is 20.7. The smallest absolute Gasteiger partial charge is 0.322 e. The van der Waals surface area contributed by atoms with Gasteiger partial charge in [-0.1, -0.05) is 31.2 Å². The third kappa shape index (κ3) is 3.12. The summed E-state index contributed by atoms with van der Waals surface area (Å²) >= 11 is 0. The summed E-state index contributed by atoms with van der Waals surface area (Å²) in [6.45, 7) is 2.33. The van der Waals surface area contributed by atoms with Crippen molar-refractivity contribution in [2.24, 2.45) is 0 Å². The Bertz CT molecular complexity index is 1040. The minimum Gasteiger partial charge on any atom is -0.327 e. The van der Waals surface area contributed by atoms with Gasteiger partial charge in [0, 0.05) is 24.9 Å². The van der Waals surface area contributed by atoms with Gasteiger partial charge in [-0.2, -0.15) is 0 Å². The molecule has 0 saturated heterocycles. The van der Waals surface area contributed by atoms with Crippen LogP contribution in [0.2, 0.25) is 0 Å². The quantitative estimate of drug-likeness (QED) is 0.639. The van der Waals surface area contributed by atoms with E-state index >= 15 is 0 Å². The lowest BCUT2D eigenvalue weighted by Gasteiger charge is -2.30. The molecule has 1 atom stereocenters. The SMILES string of the molecule is CCc1ccc(N2CC3=C(C2=O)[C@H](c2cccc([N+](=O)[O-])c2)NC(=O)N3C)cc1. The number of likely N-dealkylation sites (N-methyl/N-ethyl adjacent to an activating group) is 1. The molecule has 0 fully saturated rings. The average Bonchev–Trinajstić information content (AvgIpc) is 3.08. The van der Waals surface area contributed by atoms with Gasteiger partial charge < -0.3 is 10.2 Å². The van der Waals surface area contributed by atoms with Crippen molar-refractivity contribution in [3.05, 3.63) is 81.0 Å². The number of non-ortho nitro benzene ring substituents is 1. The number of urea groups is 1. The molecule has 0 aromatic heterocycles. The molecule has 2 aromatic carbocycles. The van der Waals surface area contributed by atoms with Crippen molar-refractivity contribution >= 4 is 23.3 Å². The highest BCUT2D eigenvalue weighted by Gasteiger charge is 2.43. The molecule has 8 nitrogen and oxygen atoms in total. The zero-order valence-electron chi connectivity index (χ0n) is 16.1. The Morgan fingerprint density at radius 2 is 1.90 bits per heavy atom. The van der Waals surface area contributed by atoms with Gasteiger partial charge in [0.2, 0.25) is 0 Å². The molecule has 2 heterocycles. The van der Waals surface area contributed by atoms with Crippen molar-refractivity contribution in [2.45, 2.75) is 19.4 Å². The van der Waals surface area contributed by atoms with E-state index in [2.05, 4.69) is 12.2 Å². The summed E-state index contributed by atoms with van der Waals surface area (Å²) in [6.07, 6.45) is 0.902. The Kier molecular flexibility index (Phi) is 4.54. The maximum absolute atomic E-state index is 13.3. The van der Waals surface area contributed by atoms with E-state index in [0.29, 0.717) is 16.8 Å². The second kappa shape index (κ2) is 7.05. The van der Waals surface area contributed by atoms with Crippen LogP contribution in [0.25, 0.3) is 0 Å². The molecule has 2 aliphatic heterocycles. The summed E-state index contributed by atoms with van der Waals surface area (Å²) in [5, 5.41) is 14.0. The summed E-state index contributed by atoms with van der Waals surface area (Å²) in [5.41, 5.74) is 3.38. The highest BCUT2D eigenvalue weighted by molar-refractivity contribution is 6.11. The van der Waals surface area contributed by atoms with E-state index in [1.54, 1.807) is 24.1 Å². The molecule has 2 aromatic rings. The first kappa shape index (κ1) is 18.7. The first-order chi connectivity index (χ1) is 13.9. The fourth-order valence-electron chi connectivity index (χ4n) is 3.76. The molecule has 29 heavy (non-hydrogen) atoms. The standard InChI is InChI=1S/C21H20N4O4/c1-3-13-7-9-15(10-8-13)24-12-17-18(20(24)26)19(22-21(27)23(17)2)14-5-4-6-16(11-14)25(28)29/h4-11,19H,3,12H2,1-2H3,(H,22,27)/t19-/m0/s1. The van der Waals surface area contributed by atoms with Crippen LogP contribution in [-0.4, -0.2) is 35.4 Å². The lowest BCUT2D eigenvalue weighted by molar-refractivity contribution is -0.384. The second-order valence-electron chi connectivity index (χ2n) is 7.07. The Balaban J connectivity index is 1.74. The van der Waals surface area contributed by atoms with Crippen LogP contribution in [0, 0.1) is 10.1 Å². The van der Waals surface area contributed by atoms with Crippen molar-refractivity contribution in [2.75, 3.05) is 18.5 Å². The van der Waals surface area contributed by atoms with Crippen LogP contribution in [0.4, 0.5) is 16.2 Å². The molecular weight excluding hydrogens is 372 g/mol. The van der Waals surface area contributed by atoms with E-state index in [1.807, 2.05) is 24.3 Å². The van der Waals surface area contributed by atoms with E-state index in [-0.39, 0.29) is 24.2 Å². The molecule has 0 bridgehead atoms. The summed E-state index contributed by atoms with van der Waals surface area (Å²) in [5.74, 6) is -0.215. The number of hydrogen-bond donors (Lipinski definition) is 1. The number of benzene rings is 2. The van der Waals surface area contributed by atoms with Gasteiger partial charge in [-0.3, -0.25) is 19.8 Å². The highest BCUT2D eigenvalue weighted by Crippen LogP contribution is 2.38. The average molecular weight is 392 g/mol. The van der Waals surface area contributed by atoms with Crippen molar-refractivity contribution in [3.63, 3.8) is 0 Å². The molecule has 0 spiro atoms. The third-order valence-electron chi connectivity index (χ3n) is 5.43. The fourth-order valence-corrected chi connectivity index (χ4v) is 3.76. The van der Waals surface area contributed by atoms with Gasteiger partial charge in [-0.25, -0.2) is 4.79 Å². The molecule has 0 aliphatic carbocycles. The van der Waals surface area contributed by atoms with Gasteiger partial charge >= 0.3 is 6.03 Å². The number of nitro benzene ring substituents is 1. The zero-order valence-corrected chi connectivity index (χ0v) is 16.1. The largest absolute Gasteiger partial charge is 0.327 e. The van der Waals surface area contributed by atoms with E-state index in [4.69, 9.17) is 0 Å². The van der Waals surface area contributed by atoms with Gasteiger partial charge in [-0.05, 0) is 29.7 Å². The Morgan fingerprint density at radius 1 is 1.17 bits per heavy atom. The van der Waals surface area contributed by atoms with Crippen molar-refractivity contribution in [3.8, 4) is 0 Å². The number of aryl methyl sites for hydroxylation is 1. The second-order valence-corrected chi connectivity index (χ2v) is 7.07. The Hall–Kier alpha value is -3.68. The number of nitrogens with one attached hydrogen (secondary N) is 1. The first-order valence-electron chi connectivity index (χ1n) is 9.33. The number of rotatable bonds is 4. The molecule has 4 rings (SSSR count). The maximum atomic E-state index is 13.3. The molecule has 2 aliphatic rings. The highest BCUT2D eigenvalue weighted by atomic mass is 16.6. The summed E-state index contributed by atoms with van der Waals surface area (Å²) in [4.78, 5) is 39.5. The van der Waals surface area contributed by atoms with E-state index in [0.717, 1.165) is 12.1 Å². The molecule has 0 radical (unpaired) electrons. The predicted molar refractivity (Wildman–Crippen MR) is 107 cm³/mol. The Labute approximate surface area is 167 Å². The third-order valence-corrected chi connectivity index (χ3v) is 5.43. The van der Waals surface area contributed by atoms with Crippen LogP contribution in [0.15, 0.2) is 59.8 Å². The van der Waals surface area contributed by atoms with Crippen LogP contribution >= 0.6 is 0 Å². The van der Waals surface area contributed by atoms with Gasteiger partial charge in [0.1, 0.15) is 0 Å². The summed E-state index contributed by atoms with van der Waals surface area (Å²) in [7, 11) is 1.62. The van der Waals surface area contributed by atoms with E-state index in [1.165, 1.54) is 22.6 Å². The number of anilines is 1. The van der Waals surface area contributed by atoms with Crippen LogP contribution in [0.5, 0.6) is 0 Å². The van der Waals surface area contributed by atoms with Crippen molar-refractivity contribution in [1.29, 1.82) is 0 Å². The molecule has 8 heteroatoms. The number of amides is 3. The molecule has 3 amide bonds. The number of nitrogens with zero attached hydrogens (tertiary/aromatic N) is 3. The number of carbonyl (C=O) groups excluding carboxylic acids is 2. The molecule has 0 unspecified atom stereocenters. The van der Waals surface area contributed by atoms with Crippen LogP contribution in [0.1, 0.15) is 24.1 Å². The number of nitro groups is 1. The molecule has 148 valence electrons. The monoisotopic (exact) mass is 392 g/mol. The lowest BCUT2D eigenvalue weighted by atomic mass is 9.95. The summed E-state index contributed by atoms with van der Waals surface area (Å²) in [6, 6.07) is 12.7. The maximum Gasteiger partial charge on any atom is 0.322 e. The molecular formula is C21H20N4O4. The van der Waals surface area contributed by atoms with Crippen LogP contribution in [0.3, 0.4) is 0 Å². The van der Waals surface area contributed by atoms with E-state index < -0.39 is 11.0 Å².